The quantitative estimate of drug-likeness (QED) is 0.664. The Morgan fingerprint density at radius 3 is 3.00 bits per heavy atom. The number of carbonyl (C=O) groups excluding carboxylic acids is 1. The fraction of sp³-hybridized carbons (Fsp3) is 0.750. The van der Waals surface area contributed by atoms with E-state index in [0.717, 1.165) is 13.0 Å². The van der Waals surface area contributed by atoms with Gasteiger partial charge in [0.15, 0.2) is 0 Å². The summed E-state index contributed by atoms with van der Waals surface area (Å²) in [6.45, 7) is 3.22. The number of nitrogens with one attached hydrogen (secondary N) is 1. The van der Waals surface area contributed by atoms with Crippen molar-refractivity contribution in [2.75, 3.05) is 13.1 Å². The summed E-state index contributed by atoms with van der Waals surface area (Å²) >= 11 is 0. The molecule has 0 aromatic carbocycles. The van der Waals surface area contributed by atoms with Crippen LogP contribution in [0.4, 0.5) is 4.79 Å². The molecule has 0 aromatic heterocycles. The van der Waals surface area contributed by atoms with Gasteiger partial charge in [-0.3, -0.25) is 4.79 Å². The maximum absolute atomic E-state index is 11.2. The minimum atomic E-state index is -1.06. The van der Waals surface area contributed by atoms with Crippen molar-refractivity contribution in [3.63, 3.8) is 0 Å². The number of carbonyl (C=O) groups is 2. The molecule has 74 valence electrons. The molecular weight excluding hydrogens is 172 g/mol. The Balaban J connectivity index is 2.40. The number of nitrogens with zero attached hydrogens (tertiary/aromatic N) is 1. The standard InChI is InChI=1S/C8H14N2O3/c1-2-3-10-5-6(4-7(10)11)9-8(12)13/h6,9H,2-5H2,1H3,(H,12,13). The molecule has 0 spiro atoms. The topological polar surface area (TPSA) is 69.6 Å². The first-order chi connectivity index (χ1) is 6.13. The van der Waals surface area contributed by atoms with E-state index in [4.69, 9.17) is 5.11 Å². The summed E-state index contributed by atoms with van der Waals surface area (Å²) in [4.78, 5) is 23.2. The van der Waals surface area contributed by atoms with Crippen LogP contribution in [0.1, 0.15) is 19.8 Å². The summed E-state index contributed by atoms with van der Waals surface area (Å²) in [5.74, 6) is 0.0422. The second-order valence-corrected chi connectivity index (χ2v) is 3.19. The Morgan fingerprint density at radius 2 is 2.46 bits per heavy atom. The van der Waals surface area contributed by atoms with Crippen LogP contribution in [0.3, 0.4) is 0 Å². The molecule has 2 N–H and O–H groups in total. The van der Waals surface area contributed by atoms with E-state index in [9.17, 15) is 9.59 Å². The Hall–Kier alpha value is -1.26. The van der Waals surface area contributed by atoms with E-state index in [1.54, 1.807) is 4.90 Å². The molecule has 1 unspecified atom stereocenters. The summed E-state index contributed by atoms with van der Waals surface area (Å²) in [6.07, 6.45) is 0.147. The first kappa shape index (κ1) is 9.83. The second kappa shape index (κ2) is 4.11. The lowest BCUT2D eigenvalue weighted by molar-refractivity contribution is -0.127. The zero-order valence-electron chi connectivity index (χ0n) is 7.62. The minimum absolute atomic E-state index is 0.0422. The summed E-state index contributed by atoms with van der Waals surface area (Å²) in [5.41, 5.74) is 0. The van der Waals surface area contributed by atoms with E-state index in [1.807, 2.05) is 6.92 Å². The smallest absolute Gasteiger partial charge is 0.404 e. The molecule has 5 nitrogen and oxygen atoms in total. The zero-order chi connectivity index (χ0) is 9.84. The van der Waals surface area contributed by atoms with Crippen molar-refractivity contribution in [3.05, 3.63) is 0 Å². The lowest BCUT2D eigenvalue weighted by atomic mass is 10.3. The van der Waals surface area contributed by atoms with Gasteiger partial charge in [-0.05, 0) is 6.42 Å². The van der Waals surface area contributed by atoms with Gasteiger partial charge in [0.25, 0.3) is 0 Å². The molecule has 0 saturated carbocycles. The highest BCUT2D eigenvalue weighted by molar-refractivity contribution is 5.80. The van der Waals surface area contributed by atoms with E-state index < -0.39 is 6.09 Å². The number of hydrogen-bond donors (Lipinski definition) is 2. The van der Waals surface area contributed by atoms with Crippen LogP contribution < -0.4 is 5.32 Å². The van der Waals surface area contributed by atoms with Gasteiger partial charge in [-0.15, -0.1) is 0 Å². The fourth-order valence-electron chi connectivity index (χ4n) is 1.53. The Labute approximate surface area is 76.7 Å². The molecule has 1 heterocycles. The monoisotopic (exact) mass is 186 g/mol. The van der Waals surface area contributed by atoms with E-state index in [0.29, 0.717) is 13.0 Å². The van der Waals surface area contributed by atoms with Crippen LogP contribution in [0, 0.1) is 0 Å². The first-order valence-corrected chi connectivity index (χ1v) is 4.40. The zero-order valence-corrected chi connectivity index (χ0v) is 7.62. The van der Waals surface area contributed by atoms with Crippen molar-refractivity contribution in [3.8, 4) is 0 Å². The summed E-state index contributed by atoms with van der Waals surface area (Å²) in [6, 6.07) is -0.225. The van der Waals surface area contributed by atoms with E-state index in [1.165, 1.54) is 0 Å². The number of amides is 2. The molecule has 0 bridgehead atoms. The third-order valence-electron chi connectivity index (χ3n) is 2.04. The van der Waals surface area contributed by atoms with E-state index in [2.05, 4.69) is 5.32 Å². The van der Waals surface area contributed by atoms with Crippen LogP contribution in [0.5, 0.6) is 0 Å². The van der Waals surface area contributed by atoms with Crippen molar-refractivity contribution >= 4 is 12.0 Å². The lowest BCUT2D eigenvalue weighted by Crippen LogP contribution is -2.36. The van der Waals surface area contributed by atoms with Crippen LogP contribution in [0.15, 0.2) is 0 Å². The molecule has 1 rings (SSSR count). The Morgan fingerprint density at radius 1 is 1.77 bits per heavy atom. The van der Waals surface area contributed by atoms with Gasteiger partial charge in [0, 0.05) is 19.5 Å². The van der Waals surface area contributed by atoms with Crippen molar-refractivity contribution in [1.29, 1.82) is 0 Å². The van der Waals surface area contributed by atoms with E-state index in [-0.39, 0.29) is 11.9 Å². The first-order valence-electron chi connectivity index (χ1n) is 4.40. The Bertz CT molecular complexity index is 217. The molecule has 1 aliphatic heterocycles. The largest absolute Gasteiger partial charge is 0.465 e. The SMILES string of the molecule is CCCN1CC(NC(=O)O)CC1=O. The van der Waals surface area contributed by atoms with Crippen LogP contribution in [0.2, 0.25) is 0 Å². The number of hydrogen-bond acceptors (Lipinski definition) is 2. The second-order valence-electron chi connectivity index (χ2n) is 3.19. The van der Waals surface area contributed by atoms with Crippen molar-refractivity contribution < 1.29 is 14.7 Å². The highest BCUT2D eigenvalue weighted by Crippen LogP contribution is 2.10. The molecule has 0 aliphatic carbocycles. The molecule has 0 radical (unpaired) electrons. The van der Waals surface area contributed by atoms with Gasteiger partial charge in [-0.1, -0.05) is 6.92 Å². The third-order valence-corrected chi connectivity index (χ3v) is 2.04. The highest BCUT2D eigenvalue weighted by atomic mass is 16.4. The van der Waals surface area contributed by atoms with Gasteiger partial charge in [-0.25, -0.2) is 4.79 Å². The average Bonchev–Trinajstić information content (AvgIpc) is 2.31. The maximum atomic E-state index is 11.2. The number of rotatable bonds is 3. The predicted octanol–water partition coefficient (Wildman–Crippen LogP) is 0.265. The normalized spacial score (nSPS) is 22.1. The van der Waals surface area contributed by atoms with Gasteiger partial charge >= 0.3 is 6.09 Å². The van der Waals surface area contributed by atoms with Gasteiger partial charge in [0.05, 0.1) is 6.04 Å². The lowest BCUT2D eigenvalue weighted by Gasteiger charge is -2.14. The van der Waals surface area contributed by atoms with Gasteiger partial charge in [-0.2, -0.15) is 0 Å². The summed E-state index contributed by atoms with van der Waals surface area (Å²) < 4.78 is 0. The molecule has 1 fully saturated rings. The Kier molecular flexibility index (Phi) is 3.11. The van der Waals surface area contributed by atoms with Crippen LogP contribution in [-0.4, -0.2) is 41.1 Å². The highest BCUT2D eigenvalue weighted by Gasteiger charge is 2.29. The molecule has 1 aliphatic rings. The van der Waals surface area contributed by atoms with Gasteiger partial charge in [0.2, 0.25) is 5.91 Å². The maximum Gasteiger partial charge on any atom is 0.404 e. The predicted molar refractivity (Wildman–Crippen MR) is 46.4 cm³/mol. The van der Waals surface area contributed by atoms with Crippen molar-refractivity contribution in [2.45, 2.75) is 25.8 Å². The van der Waals surface area contributed by atoms with Crippen LogP contribution in [0.25, 0.3) is 0 Å². The molecule has 13 heavy (non-hydrogen) atoms. The molecule has 1 saturated heterocycles. The summed E-state index contributed by atoms with van der Waals surface area (Å²) in [5, 5.41) is 10.8. The van der Waals surface area contributed by atoms with Gasteiger partial charge < -0.3 is 15.3 Å². The molecular formula is C8H14N2O3. The third kappa shape index (κ3) is 2.61. The van der Waals surface area contributed by atoms with E-state index >= 15 is 0 Å². The molecule has 2 amide bonds. The minimum Gasteiger partial charge on any atom is -0.465 e. The summed E-state index contributed by atoms with van der Waals surface area (Å²) in [7, 11) is 0. The van der Waals surface area contributed by atoms with Gasteiger partial charge in [0.1, 0.15) is 0 Å². The fourth-order valence-corrected chi connectivity index (χ4v) is 1.53. The molecule has 5 heteroatoms. The molecule has 0 aromatic rings. The number of carboxylic acid groups (broad SMARTS) is 1. The van der Waals surface area contributed by atoms with Crippen LogP contribution in [-0.2, 0) is 4.79 Å². The van der Waals surface area contributed by atoms with Crippen molar-refractivity contribution in [1.82, 2.24) is 10.2 Å². The molecule has 1 atom stereocenters. The van der Waals surface area contributed by atoms with Crippen LogP contribution >= 0.6 is 0 Å². The van der Waals surface area contributed by atoms with Crippen molar-refractivity contribution in [2.24, 2.45) is 0 Å². The average molecular weight is 186 g/mol. The number of likely N-dealkylation sites (tertiary alicyclic amines) is 1.